The summed E-state index contributed by atoms with van der Waals surface area (Å²) in [5, 5.41) is 2.56. The summed E-state index contributed by atoms with van der Waals surface area (Å²) >= 11 is 1.86. The highest BCUT2D eigenvalue weighted by molar-refractivity contribution is 7.25. The molecule has 0 N–H and O–H groups in total. The third kappa shape index (κ3) is 5.29. The third-order valence-corrected chi connectivity index (χ3v) is 14.7. The van der Waals surface area contributed by atoms with Gasteiger partial charge in [0.1, 0.15) is 0 Å². The molecular formula is C61H39NS. The highest BCUT2D eigenvalue weighted by Crippen LogP contribution is 2.63. The predicted molar refractivity (Wildman–Crippen MR) is 267 cm³/mol. The molecule has 0 atom stereocenters. The Kier molecular flexibility index (Phi) is 8.06. The van der Waals surface area contributed by atoms with Crippen LogP contribution in [0.4, 0.5) is 17.1 Å². The Bertz CT molecular complexity index is 3540. The highest BCUT2D eigenvalue weighted by atomic mass is 32.1. The minimum Gasteiger partial charge on any atom is -0.310 e. The molecule has 10 aromatic carbocycles. The van der Waals surface area contributed by atoms with Crippen molar-refractivity contribution in [3.05, 3.63) is 259 Å². The molecule has 0 radical (unpaired) electrons. The third-order valence-electron chi connectivity index (χ3n) is 13.5. The Hall–Kier alpha value is -7.78. The van der Waals surface area contributed by atoms with Gasteiger partial charge in [-0.1, -0.05) is 194 Å². The minimum absolute atomic E-state index is 0.413. The van der Waals surface area contributed by atoms with Gasteiger partial charge in [-0.3, -0.25) is 0 Å². The fourth-order valence-corrected chi connectivity index (χ4v) is 12.0. The van der Waals surface area contributed by atoms with Crippen LogP contribution in [0.2, 0.25) is 0 Å². The van der Waals surface area contributed by atoms with Gasteiger partial charge < -0.3 is 4.90 Å². The van der Waals surface area contributed by atoms with Crippen LogP contribution in [-0.4, -0.2) is 0 Å². The first-order valence-corrected chi connectivity index (χ1v) is 22.6. The van der Waals surface area contributed by atoms with E-state index in [1.807, 2.05) is 11.3 Å². The van der Waals surface area contributed by atoms with Crippen LogP contribution in [0.5, 0.6) is 0 Å². The minimum atomic E-state index is -0.413. The summed E-state index contributed by atoms with van der Waals surface area (Å²) in [6, 6.07) is 87.9. The van der Waals surface area contributed by atoms with Gasteiger partial charge in [-0.2, -0.15) is 0 Å². The lowest BCUT2D eigenvalue weighted by molar-refractivity contribution is 0.794. The van der Waals surface area contributed by atoms with E-state index < -0.39 is 5.41 Å². The van der Waals surface area contributed by atoms with Crippen LogP contribution in [-0.2, 0) is 5.41 Å². The van der Waals surface area contributed by atoms with Gasteiger partial charge in [0.05, 0.1) is 11.1 Å². The Labute approximate surface area is 371 Å². The molecule has 1 spiro atoms. The smallest absolute Gasteiger partial charge is 0.0725 e. The van der Waals surface area contributed by atoms with E-state index in [4.69, 9.17) is 0 Å². The number of thiophene rings is 1. The van der Waals surface area contributed by atoms with Crippen LogP contribution in [0.25, 0.3) is 75.8 Å². The van der Waals surface area contributed by atoms with Crippen molar-refractivity contribution < 1.29 is 0 Å². The van der Waals surface area contributed by atoms with Gasteiger partial charge in [-0.15, -0.1) is 11.3 Å². The van der Waals surface area contributed by atoms with Crippen molar-refractivity contribution in [3.63, 3.8) is 0 Å². The Morgan fingerprint density at radius 2 is 0.778 bits per heavy atom. The van der Waals surface area contributed by atoms with E-state index in [-0.39, 0.29) is 0 Å². The molecule has 0 unspecified atom stereocenters. The van der Waals surface area contributed by atoms with E-state index in [1.54, 1.807) is 0 Å². The van der Waals surface area contributed by atoms with E-state index in [9.17, 15) is 0 Å². The number of hydrogen-bond acceptors (Lipinski definition) is 2. The van der Waals surface area contributed by atoms with Crippen molar-refractivity contribution in [1.82, 2.24) is 0 Å². The van der Waals surface area contributed by atoms with Crippen molar-refractivity contribution in [2.75, 3.05) is 4.90 Å². The molecule has 11 aromatic rings. The van der Waals surface area contributed by atoms with Crippen LogP contribution in [0, 0.1) is 0 Å². The lowest BCUT2D eigenvalue weighted by Gasteiger charge is -2.32. The zero-order valence-electron chi connectivity index (χ0n) is 34.4. The molecule has 13 rings (SSSR count). The molecule has 0 amide bonds. The van der Waals surface area contributed by atoms with Crippen molar-refractivity contribution in [3.8, 4) is 55.6 Å². The largest absolute Gasteiger partial charge is 0.310 e. The summed E-state index contributed by atoms with van der Waals surface area (Å²) < 4.78 is 2.59. The second-order valence-corrected chi connectivity index (χ2v) is 17.8. The number of rotatable bonds is 6. The molecule has 2 aliphatic carbocycles. The van der Waals surface area contributed by atoms with E-state index in [1.165, 1.54) is 98.1 Å². The fourth-order valence-electron chi connectivity index (χ4n) is 10.9. The molecule has 1 heterocycles. The average Bonchev–Trinajstić information content (AvgIpc) is 3.98. The Balaban J connectivity index is 1.12. The predicted octanol–water partition coefficient (Wildman–Crippen LogP) is 16.9. The Morgan fingerprint density at radius 1 is 0.302 bits per heavy atom. The van der Waals surface area contributed by atoms with Gasteiger partial charge in [0.2, 0.25) is 0 Å². The van der Waals surface area contributed by atoms with Crippen molar-refractivity contribution in [2.45, 2.75) is 5.41 Å². The van der Waals surface area contributed by atoms with Crippen LogP contribution in [0.1, 0.15) is 22.3 Å². The van der Waals surface area contributed by atoms with Gasteiger partial charge in [0.15, 0.2) is 0 Å². The Morgan fingerprint density at radius 3 is 1.46 bits per heavy atom. The molecule has 0 aliphatic heterocycles. The van der Waals surface area contributed by atoms with Crippen LogP contribution in [0.3, 0.4) is 0 Å². The molecule has 1 nitrogen and oxygen atoms in total. The summed E-state index contributed by atoms with van der Waals surface area (Å²) in [6.45, 7) is 0. The summed E-state index contributed by atoms with van der Waals surface area (Å²) in [7, 11) is 0. The van der Waals surface area contributed by atoms with Crippen molar-refractivity contribution in [1.29, 1.82) is 0 Å². The zero-order valence-corrected chi connectivity index (χ0v) is 35.2. The molecule has 0 saturated heterocycles. The molecule has 0 fully saturated rings. The summed E-state index contributed by atoms with van der Waals surface area (Å²) in [6.07, 6.45) is 0. The van der Waals surface area contributed by atoms with Crippen LogP contribution in [0.15, 0.2) is 237 Å². The fraction of sp³-hybridized carbons (Fsp3) is 0.0164. The average molecular weight is 818 g/mol. The summed E-state index contributed by atoms with van der Waals surface area (Å²) in [5.41, 5.74) is 20.6. The molecular weight excluding hydrogens is 779 g/mol. The molecule has 294 valence electrons. The number of nitrogens with zero attached hydrogens (tertiary/aromatic N) is 1. The number of benzene rings is 10. The molecule has 2 heteroatoms. The number of fused-ring (bicyclic) bond motifs is 13. The van der Waals surface area contributed by atoms with E-state index >= 15 is 0 Å². The maximum Gasteiger partial charge on any atom is 0.0725 e. The SMILES string of the molecule is c1ccc(-c2ccccc2-c2c(-c3ccccc3)cccc2N(c2ccc3c(c2)-c2ccccc2C32c3ccccc3-c3ccccc32)c2ccc3sc4ccccc4c3c2)cc1. The highest BCUT2D eigenvalue weighted by Gasteiger charge is 2.51. The van der Waals surface area contributed by atoms with Gasteiger partial charge in [0, 0.05) is 37.1 Å². The second-order valence-electron chi connectivity index (χ2n) is 16.7. The number of hydrogen-bond donors (Lipinski definition) is 0. The molecule has 0 bridgehead atoms. The molecule has 63 heavy (non-hydrogen) atoms. The normalized spacial score (nSPS) is 12.9. The van der Waals surface area contributed by atoms with E-state index in [2.05, 4.69) is 241 Å². The van der Waals surface area contributed by atoms with Gasteiger partial charge in [-0.05, 0) is 115 Å². The maximum absolute atomic E-state index is 2.53. The first-order valence-electron chi connectivity index (χ1n) is 21.8. The van der Waals surface area contributed by atoms with Crippen molar-refractivity contribution in [2.24, 2.45) is 0 Å². The maximum atomic E-state index is 2.53. The van der Waals surface area contributed by atoms with Crippen LogP contribution < -0.4 is 4.90 Å². The summed E-state index contributed by atoms with van der Waals surface area (Å²) in [4.78, 5) is 2.53. The zero-order chi connectivity index (χ0) is 41.5. The van der Waals surface area contributed by atoms with E-state index in [0.29, 0.717) is 0 Å². The van der Waals surface area contributed by atoms with Crippen LogP contribution >= 0.6 is 11.3 Å². The van der Waals surface area contributed by atoms with Gasteiger partial charge in [-0.25, -0.2) is 0 Å². The molecule has 0 saturated carbocycles. The van der Waals surface area contributed by atoms with Gasteiger partial charge >= 0.3 is 0 Å². The van der Waals surface area contributed by atoms with Crippen molar-refractivity contribution >= 4 is 48.6 Å². The monoisotopic (exact) mass is 817 g/mol. The quantitative estimate of drug-likeness (QED) is 0.162. The first-order chi connectivity index (χ1) is 31.3. The summed E-state index contributed by atoms with van der Waals surface area (Å²) in [5.74, 6) is 0. The second kappa shape index (κ2) is 14.1. The standard InChI is InChI=1S/C61H39NS/c1-3-18-40(19-4-1)44-22-7-8-27-50(44)60-45(41-20-5-2-6-21-41)28-17-32-57(60)62(43-35-37-59-52(39-43)49-26-12-16-33-58(49)63-59)42-34-36-56-51(38-42)48-25-11-15-31-55(48)61(56)53-29-13-9-23-46(53)47-24-10-14-30-54(47)61/h1-39H. The number of anilines is 3. The van der Waals surface area contributed by atoms with Gasteiger partial charge in [0.25, 0.3) is 0 Å². The lowest BCUT2D eigenvalue weighted by Crippen LogP contribution is -2.25. The lowest BCUT2D eigenvalue weighted by atomic mass is 9.70. The molecule has 2 aliphatic rings. The van der Waals surface area contributed by atoms with E-state index in [0.717, 1.165) is 17.1 Å². The topological polar surface area (TPSA) is 3.24 Å². The first kappa shape index (κ1) is 35.9. The molecule has 1 aromatic heterocycles.